The monoisotopic (exact) mass is 1860 g/mol. The van der Waals surface area contributed by atoms with Crippen molar-refractivity contribution in [2.24, 2.45) is 11.8 Å². The zero-order valence-electron chi connectivity index (χ0n) is 74.1. The molecular weight excluding hydrogens is 1750 g/mol. The van der Waals surface area contributed by atoms with Crippen molar-refractivity contribution in [3.05, 3.63) is 168 Å². The third-order valence-corrected chi connectivity index (χ3v) is 22.9. The molecule has 6 aromatic rings. The van der Waals surface area contributed by atoms with Gasteiger partial charge in [-0.1, -0.05) is 66.7 Å². The standard InChI is InChI=1S/C91H113N17O26/c1-56(98-79(118)64-30-35-92-36-31-64)85(124)105-41-7-12-70(105)83(122)100-67-24-17-59(18-25-67)54-133-90(131)107(89(130)108(73(88(128)129)28-29-75(110)111)91(132)134-55-60-19-26-68(27-20-60)101-84(123)71-13-8-42-106(71)86(125)57(2)99-80(119)65-32-37-93-38-33-65)72(87(126)127)11-5-6-34-96-82(121)69(48-61-16-21-62-9-3-4-10-66(62)47-61)102-81(120)63-22-14-58(15-23-63)49-97-74(109)52-103(43-39-94-50-76(112)113)45-46-104(53-78(116)117)44-40-95-51-77(114)115/h3-4,9-10,16-21,24-27,30-33,35-38,47,56-58,63,69-73,94-95H,5-8,11-15,22-23,28-29,34,39-46,48-55H2,1-2H3,(H,96,121)(H,97,109)(H,98,118)(H,99,119)(H,100,122)(H,101,123)(H,102,120)(H,110,111)(H,112,113)(H,114,115)(H,116,117)(H,126,127)(H,128,129)/t56-,57-,58-,63-,69+,70+,71+,72+,73+/m1/s1. The van der Waals surface area contributed by atoms with Crippen molar-refractivity contribution < 1.29 is 126 Å². The van der Waals surface area contributed by atoms with Crippen LogP contribution in [0, 0.1) is 11.8 Å². The lowest BCUT2D eigenvalue weighted by Gasteiger charge is -2.33. The number of urea groups is 1. The second kappa shape index (κ2) is 52.0. The van der Waals surface area contributed by atoms with Crippen LogP contribution in [-0.4, -0.2) is 311 Å². The number of aromatic nitrogens is 2. The summed E-state index contributed by atoms with van der Waals surface area (Å²) in [5, 5.41) is 86.1. The number of pyridine rings is 2. The van der Waals surface area contributed by atoms with Gasteiger partial charge in [0.25, 0.3) is 11.8 Å². The van der Waals surface area contributed by atoms with Crippen LogP contribution in [0.3, 0.4) is 0 Å². The first kappa shape index (κ1) is 103. The molecule has 2 aromatic heterocycles. The Morgan fingerprint density at radius 1 is 0.470 bits per heavy atom. The number of benzene rings is 4. The molecule has 134 heavy (non-hydrogen) atoms. The molecule has 0 bridgehead atoms. The van der Waals surface area contributed by atoms with Crippen LogP contribution in [0.25, 0.3) is 10.8 Å². The van der Waals surface area contributed by atoms with E-state index in [-0.39, 0.29) is 179 Å². The van der Waals surface area contributed by atoms with Gasteiger partial charge in [-0.05, 0) is 173 Å². The quantitative estimate of drug-likeness (QED) is 0.0243. The summed E-state index contributed by atoms with van der Waals surface area (Å²) in [6.45, 7) is 1.78. The number of hydrogen-bond acceptors (Lipinski definition) is 26. The minimum Gasteiger partial charge on any atom is -0.481 e. The van der Waals surface area contributed by atoms with Crippen LogP contribution in [0.15, 0.2) is 140 Å². The molecule has 4 aromatic carbocycles. The van der Waals surface area contributed by atoms with Gasteiger partial charge in [-0.2, -0.15) is 0 Å². The minimum absolute atomic E-state index is 0.0144. The molecule has 0 spiro atoms. The van der Waals surface area contributed by atoms with Gasteiger partial charge in [-0.15, -0.1) is 0 Å². The summed E-state index contributed by atoms with van der Waals surface area (Å²) < 4.78 is 11.1. The maximum absolute atomic E-state index is 15.4. The average molecular weight is 1860 g/mol. The Kier molecular flexibility index (Phi) is 40.0. The smallest absolute Gasteiger partial charge is 0.419 e. The van der Waals surface area contributed by atoms with Crippen LogP contribution in [0.5, 0.6) is 0 Å². The molecule has 13 amide bonds. The molecule has 9 rings (SSSR count). The minimum atomic E-state index is -2.48. The Morgan fingerprint density at radius 2 is 0.940 bits per heavy atom. The SMILES string of the molecule is C[C@@H](NC(=O)c1ccncc1)C(=O)N1CCC[C@H]1C(=O)Nc1ccc(COC(=O)N(C(=O)N(C(=O)OCc2ccc(NC(=O)[C@@H]3CCCN3C(=O)[C@@H](C)NC(=O)c3ccncc3)cc2)[C@@H](CCC(=O)O)C(=O)O)[C@@H](CCCCNC(=O)[C@H](Cc2ccc3ccccc3c2)NC(=O)[C@H]2CC[C@H](CNC(=O)CN(CCNCC(=O)O)CCN(CCNCC(=O)O)CC(=O)O)CC2)C(=O)O)cc1. The number of unbranched alkanes of at least 4 members (excludes halogenated alkanes) is 1. The van der Waals surface area contributed by atoms with Crippen molar-refractivity contribution in [3.8, 4) is 0 Å². The van der Waals surface area contributed by atoms with Gasteiger partial charge in [0.05, 0.1) is 26.2 Å². The third kappa shape index (κ3) is 32.2. The van der Waals surface area contributed by atoms with E-state index in [1.165, 1.54) is 121 Å². The molecule has 3 aliphatic rings. The number of fused-ring (bicyclic) bond motifs is 1. The zero-order chi connectivity index (χ0) is 96.9. The Morgan fingerprint density at radius 3 is 1.41 bits per heavy atom. The van der Waals surface area contributed by atoms with Crippen molar-refractivity contribution in [2.45, 2.75) is 159 Å². The van der Waals surface area contributed by atoms with E-state index in [2.05, 4.69) is 57.8 Å². The molecule has 1 saturated carbocycles. The van der Waals surface area contributed by atoms with E-state index in [4.69, 9.17) is 19.7 Å². The maximum atomic E-state index is 15.4. The van der Waals surface area contributed by atoms with Gasteiger partial charge in [0.2, 0.25) is 41.4 Å². The van der Waals surface area contributed by atoms with Gasteiger partial charge in [-0.3, -0.25) is 82.1 Å². The van der Waals surface area contributed by atoms with Crippen LogP contribution < -0.4 is 47.9 Å². The first-order chi connectivity index (χ1) is 64.2. The number of ether oxygens (including phenoxy) is 2. The lowest BCUT2D eigenvalue weighted by molar-refractivity contribution is -0.144. The molecular formula is C91H113N17O26. The van der Waals surface area contributed by atoms with Crippen LogP contribution in [0.1, 0.15) is 135 Å². The van der Waals surface area contributed by atoms with Crippen LogP contribution >= 0.6 is 0 Å². The zero-order valence-corrected chi connectivity index (χ0v) is 74.1. The fraction of sp³-hybridized carbons (Fsp3) is 0.451. The van der Waals surface area contributed by atoms with Gasteiger partial charge in [0.15, 0.2) is 0 Å². The maximum Gasteiger partial charge on any atom is 0.419 e. The summed E-state index contributed by atoms with van der Waals surface area (Å²) in [4.78, 5) is 255. The Bertz CT molecular complexity index is 5130. The molecule has 0 unspecified atom stereocenters. The first-order valence-corrected chi connectivity index (χ1v) is 44.0. The van der Waals surface area contributed by atoms with Crippen LogP contribution in [0.4, 0.5) is 25.8 Å². The Hall–Kier alpha value is -14.5. The number of likely N-dealkylation sites (tertiary alicyclic amines) is 2. The van der Waals surface area contributed by atoms with Gasteiger partial charge in [0.1, 0.15) is 55.5 Å². The number of nitrogens with zero attached hydrogens (tertiary/aromatic N) is 8. The Balaban J connectivity index is 0.878. The number of amides is 13. The third-order valence-electron chi connectivity index (χ3n) is 22.9. The van der Waals surface area contributed by atoms with Crippen LogP contribution in [-0.2, 0) is 91.4 Å². The van der Waals surface area contributed by atoms with E-state index in [1.807, 2.05) is 36.4 Å². The number of hydrogen-bond donors (Lipinski definition) is 15. The van der Waals surface area contributed by atoms with Crippen molar-refractivity contribution >= 4 is 129 Å². The summed E-state index contributed by atoms with van der Waals surface area (Å²) in [6.07, 6.45) is 2.14. The molecule has 15 N–H and O–H groups in total. The van der Waals surface area contributed by atoms with E-state index in [0.29, 0.717) is 44.1 Å². The van der Waals surface area contributed by atoms with Crippen molar-refractivity contribution in [2.75, 3.05) is 102 Å². The number of rotatable bonds is 50. The van der Waals surface area contributed by atoms with E-state index in [1.54, 1.807) is 15.9 Å². The highest BCUT2D eigenvalue weighted by Gasteiger charge is 2.47. The molecule has 2 saturated heterocycles. The molecule has 43 nitrogen and oxygen atoms in total. The molecule has 7 atom stereocenters. The number of anilines is 2. The summed E-state index contributed by atoms with van der Waals surface area (Å²) in [7, 11) is 0. The normalized spacial score (nSPS) is 16.3. The number of nitrogens with one attached hydrogen (secondary N) is 9. The summed E-state index contributed by atoms with van der Waals surface area (Å²) in [5.74, 6) is -14.2. The number of imide groups is 2. The van der Waals surface area contributed by atoms with E-state index in [9.17, 15) is 102 Å². The predicted molar refractivity (Wildman–Crippen MR) is 478 cm³/mol. The summed E-state index contributed by atoms with van der Waals surface area (Å²) >= 11 is 0. The number of carboxylic acids is 6. The van der Waals surface area contributed by atoms with E-state index in [0.717, 1.165) is 10.8 Å². The van der Waals surface area contributed by atoms with Crippen LogP contribution in [0.2, 0.25) is 0 Å². The fourth-order valence-electron chi connectivity index (χ4n) is 15.7. The lowest BCUT2D eigenvalue weighted by atomic mass is 9.81. The van der Waals surface area contributed by atoms with Gasteiger partial charge < -0.3 is 97.8 Å². The van der Waals surface area contributed by atoms with Crippen molar-refractivity contribution in [3.63, 3.8) is 0 Å². The highest BCUT2D eigenvalue weighted by Crippen LogP contribution is 2.31. The second-order valence-electron chi connectivity index (χ2n) is 32.7. The summed E-state index contributed by atoms with van der Waals surface area (Å²) in [5.41, 5.74) is 1.85. The lowest BCUT2D eigenvalue weighted by Crippen LogP contribution is -2.59. The predicted octanol–water partition coefficient (Wildman–Crippen LogP) is 3.57. The molecule has 0 radical (unpaired) electrons. The highest BCUT2D eigenvalue weighted by atomic mass is 16.6. The average Bonchev–Trinajstić information content (AvgIpc) is 1.10. The molecule has 718 valence electrons. The van der Waals surface area contributed by atoms with E-state index < -0.39 is 182 Å². The molecule has 2 aliphatic heterocycles. The fourth-order valence-corrected chi connectivity index (χ4v) is 15.7. The summed E-state index contributed by atoms with van der Waals surface area (Å²) in [6, 6.07) is 17.9. The topological polar surface area (TPSA) is 601 Å². The number of aliphatic carboxylic acids is 6. The highest BCUT2D eigenvalue weighted by molar-refractivity contribution is 6.05. The number of carboxylic acid groups (broad SMARTS) is 6. The van der Waals surface area contributed by atoms with Crippen molar-refractivity contribution in [1.29, 1.82) is 0 Å². The van der Waals surface area contributed by atoms with Gasteiger partial charge in [0, 0.05) is 131 Å². The largest absolute Gasteiger partial charge is 0.481 e. The van der Waals surface area contributed by atoms with Gasteiger partial charge in [-0.25, -0.2) is 33.8 Å². The molecule has 1 aliphatic carbocycles. The Labute approximate surface area is 770 Å². The van der Waals surface area contributed by atoms with Gasteiger partial charge >= 0.3 is 54.0 Å². The molecule has 43 heteroatoms. The first-order valence-electron chi connectivity index (χ1n) is 44.0. The molecule has 3 fully saturated rings. The van der Waals surface area contributed by atoms with Crippen molar-refractivity contribution in [1.82, 2.24) is 76.6 Å². The molecule has 4 heterocycles. The van der Waals surface area contributed by atoms with E-state index >= 15 is 4.79 Å². The second-order valence-corrected chi connectivity index (χ2v) is 32.7. The number of carbonyl (C=O) groups excluding carboxylic acids is 12. The number of carbonyl (C=O) groups is 18.